The molecule has 2 N–H and O–H groups in total. The number of hydrogen-bond acceptors (Lipinski definition) is 4. The van der Waals surface area contributed by atoms with E-state index in [4.69, 9.17) is 0 Å². The van der Waals surface area contributed by atoms with Gasteiger partial charge in [0.05, 0.1) is 13.0 Å². The van der Waals surface area contributed by atoms with Crippen LogP contribution >= 0.6 is 11.3 Å². The lowest BCUT2D eigenvalue weighted by Gasteiger charge is -2.07. The first-order valence-corrected chi connectivity index (χ1v) is 11.1. The molecule has 2 aromatic carbocycles. The molecular formula is C24H26FN3O2S. The van der Waals surface area contributed by atoms with Crippen molar-refractivity contribution in [2.24, 2.45) is 0 Å². The van der Waals surface area contributed by atoms with Gasteiger partial charge >= 0.3 is 0 Å². The van der Waals surface area contributed by atoms with Crippen molar-refractivity contribution in [3.05, 3.63) is 87.1 Å². The van der Waals surface area contributed by atoms with E-state index in [2.05, 4.69) is 29.5 Å². The minimum atomic E-state index is -0.310. The summed E-state index contributed by atoms with van der Waals surface area (Å²) < 4.78 is 13.6. The summed E-state index contributed by atoms with van der Waals surface area (Å²) in [6.45, 7) is 4.86. The second-order valence-electron chi connectivity index (χ2n) is 7.57. The van der Waals surface area contributed by atoms with E-state index in [-0.39, 0.29) is 24.2 Å². The monoisotopic (exact) mass is 439 g/mol. The zero-order chi connectivity index (χ0) is 22.2. The van der Waals surface area contributed by atoms with Crippen molar-refractivity contribution < 1.29 is 14.0 Å². The van der Waals surface area contributed by atoms with Gasteiger partial charge in [0.15, 0.2) is 0 Å². The largest absolute Gasteiger partial charge is 0.350 e. The number of nitrogens with one attached hydrogen (secondary N) is 2. The minimum Gasteiger partial charge on any atom is -0.350 e. The second kappa shape index (κ2) is 10.8. The third kappa shape index (κ3) is 6.72. The Morgan fingerprint density at radius 1 is 1.06 bits per heavy atom. The lowest BCUT2D eigenvalue weighted by molar-refractivity contribution is -0.120. The number of carbonyl (C=O) groups excluding carboxylic acids is 2. The maximum atomic E-state index is 13.6. The molecular weight excluding hydrogens is 413 g/mol. The molecule has 0 bridgehead atoms. The summed E-state index contributed by atoms with van der Waals surface area (Å²) in [5, 5.41) is 7.91. The average Bonchev–Trinajstić information content (AvgIpc) is 3.23. The molecule has 0 aliphatic rings. The van der Waals surface area contributed by atoms with Crippen LogP contribution in [-0.4, -0.2) is 23.3 Å². The predicted molar refractivity (Wildman–Crippen MR) is 121 cm³/mol. The van der Waals surface area contributed by atoms with Gasteiger partial charge in [0, 0.05) is 11.9 Å². The van der Waals surface area contributed by atoms with Crippen molar-refractivity contribution in [3.63, 3.8) is 0 Å². The fourth-order valence-corrected chi connectivity index (χ4v) is 3.76. The molecule has 0 saturated carbocycles. The van der Waals surface area contributed by atoms with E-state index >= 15 is 0 Å². The lowest BCUT2D eigenvalue weighted by atomic mass is 10.0. The van der Waals surface area contributed by atoms with Crippen molar-refractivity contribution >= 4 is 23.2 Å². The Hall–Kier alpha value is -3.06. The van der Waals surface area contributed by atoms with E-state index in [0.717, 1.165) is 5.56 Å². The molecule has 2 amide bonds. The van der Waals surface area contributed by atoms with Crippen LogP contribution in [0.3, 0.4) is 0 Å². The number of nitrogens with zero attached hydrogens (tertiary/aromatic N) is 1. The van der Waals surface area contributed by atoms with Gasteiger partial charge in [-0.1, -0.05) is 56.3 Å². The van der Waals surface area contributed by atoms with E-state index in [0.29, 0.717) is 41.6 Å². The number of rotatable bonds is 9. The normalized spacial score (nSPS) is 10.8. The van der Waals surface area contributed by atoms with Crippen LogP contribution < -0.4 is 10.6 Å². The lowest BCUT2D eigenvalue weighted by Crippen LogP contribution is -2.27. The SMILES string of the molecule is CC(C)c1ccc(CC(=O)NCc2nc(C(=O)NCCc3ccccc3F)cs2)cc1. The van der Waals surface area contributed by atoms with Gasteiger partial charge in [-0.2, -0.15) is 0 Å². The molecule has 0 saturated heterocycles. The van der Waals surface area contributed by atoms with Gasteiger partial charge in [0.25, 0.3) is 5.91 Å². The molecule has 1 heterocycles. The highest BCUT2D eigenvalue weighted by Gasteiger charge is 2.12. The molecule has 162 valence electrons. The van der Waals surface area contributed by atoms with Gasteiger partial charge in [0.2, 0.25) is 5.91 Å². The molecule has 3 rings (SSSR count). The predicted octanol–water partition coefficient (Wildman–Crippen LogP) is 4.24. The zero-order valence-corrected chi connectivity index (χ0v) is 18.5. The van der Waals surface area contributed by atoms with Crippen LogP contribution in [0.15, 0.2) is 53.9 Å². The van der Waals surface area contributed by atoms with Gasteiger partial charge in [-0.3, -0.25) is 9.59 Å². The maximum absolute atomic E-state index is 13.6. The van der Waals surface area contributed by atoms with Crippen LogP contribution in [-0.2, 0) is 24.2 Å². The number of halogens is 1. The van der Waals surface area contributed by atoms with E-state index in [9.17, 15) is 14.0 Å². The number of hydrogen-bond donors (Lipinski definition) is 2. The third-order valence-corrected chi connectivity index (χ3v) is 5.72. The molecule has 3 aromatic rings. The van der Waals surface area contributed by atoms with Gasteiger partial charge in [0.1, 0.15) is 16.5 Å². The van der Waals surface area contributed by atoms with Crippen LogP contribution in [0.2, 0.25) is 0 Å². The molecule has 0 unspecified atom stereocenters. The summed E-state index contributed by atoms with van der Waals surface area (Å²) >= 11 is 1.32. The van der Waals surface area contributed by atoms with Crippen LogP contribution in [0.25, 0.3) is 0 Å². The number of aromatic nitrogens is 1. The van der Waals surface area contributed by atoms with Crippen molar-refractivity contribution in [2.45, 2.75) is 39.2 Å². The number of benzene rings is 2. The quantitative estimate of drug-likeness (QED) is 0.524. The van der Waals surface area contributed by atoms with Crippen molar-refractivity contribution in [3.8, 4) is 0 Å². The fourth-order valence-electron chi connectivity index (χ4n) is 3.04. The Bertz CT molecular complexity index is 1030. The van der Waals surface area contributed by atoms with Gasteiger partial charge in [-0.25, -0.2) is 9.37 Å². The van der Waals surface area contributed by atoms with Crippen molar-refractivity contribution in [1.82, 2.24) is 15.6 Å². The smallest absolute Gasteiger partial charge is 0.270 e. The highest BCUT2D eigenvalue weighted by Crippen LogP contribution is 2.15. The van der Waals surface area contributed by atoms with Crippen molar-refractivity contribution in [2.75, 3.05) is 6.54 Å². The Balaban J connectivity index is 1.43. The van der Waals surface area contributed by atoms with E-state index < -0.39 is 0 Å². The Kier molecular flexibility index (Phi) is 7.89. The minimum absolute atomic E-state index is 0.0941. The topological polar surface area (TPSA) is 71.1 Å². The van der Waals surface area contributed by atoms with Crippen LogP contribution in [0, 0.1) is 5.82 Å². The highest BCUT2D eigenvalue weighted by molar-refractivity contribution is 7.09. The number of carbonyl (C=O) groups is 2. The molecule has 0 aliphatic carbocycles. The summed E-state index contributed by atoms with van der Waals surface area (Å²) in [7, 11) is 0. The summed E-state index contributed by atoms with van der Waals surface area (Å²) in [6, 6.07) is 14.5. The van der Waals surface area contributed by atoms with Crippen molar-refractivity contribution in [1.29, 1.82) is 0 Å². The summed E-state index contributed by atoms with van der Waals surface area (Å²) in [5.41, 5.74) is 3.05. The summed E-state index contributed by atoms with van der Waals surface area (Å²) in [4.78, 5) is 28.7. The van der Waals surface area contributed by atoms with E-state index in [1.807, 2.05) is 24.3 Å². The Morgan fingerprint density at radius 2 is 1.81 bits per heavy atom. The highest BCUT2D eigenvalue weighted by atomic mass is 32.1. The van der Waals surface area contributed by atoms with Crippen LogP contribution in [0.1, 0.15) is 52.0 Å². The molecule has 0 atom stereocenters. The molecule has 31 heavy (non-hydrogen) atoms. The molecule has 0 spiro atoms. The fraction of sp³-hybridized carbons (Fsp3) is 0.292. The zero-order valence-electron chi connectivity index (χ0n) is 17.7. The van der Waals surface area contributed by atoms with Gasteiger partial charge in [-0.15, -0.1) is 11.3 Å². The Morgan fingerprint density at radius 3 is 2.52 bits per heavy atom. The molecule has 0 aliphatic heterocycles. The molecule has 5 nitrogen and oxygen atoms in total. The first-order chi connectivity index (χ1) is 14.9. The second-order valence-corrected chi connectivity index (χ2v) is 8.52. The van der Waals surface area contributed by atoms with E-state index in [1.54, 1.807) is 23.6 Å². The average molecular weight is 440 g/mol. The molecule has 7 heteroatoms. The standard InChI is InChI=1S/C24H26FN3O2S/c1-16(2)18-9-7-17(8-10-18)13-22(29)27-14-23-28-21(15-31-23)24(30)26-12-11-19-5-3-4-6-20(19)25/h3-10,15-16H,11-14H2,1-2H3,(H,26,30)(H,27,29). The van der Waals surface area contributed by atoms with E-state index in [1.165, 1.54) is 23.0 Å². The van der Waals surface area contributed by atoms with Crippen LogP contribution in [0.5, 0.6) is 0 Å². The third-order valence-electron chi connectivity index (χ3n) is 4.87. The number of thiazole rings is 1. The summed E-state index contributed by atoms with van der Waals surface area (Å²) in [6.07, 6.45) is 0.705. The van der Waals surface area contributed by atoms with Gasteiger partial charge in [-0.05, 0) is 35.1 Å². The first-order valence-electron chi connectivity index (χ1n) is 10.2. The molecule has 1 aromatic heterocycles. The molecule has 0 radical (unpaired) electrons. The molecule has 0 fully saturated rings. The first kappa shape index (κ1) is 22.6. The summed E-state index contributed by atoms with van der Waals surface area (Å²) in [5.74, 6) is -0.225. The maximum Gasteiger partial charge on any atom is 0.270 e. The van der Waals surface area contributed by atoms with Crippen LogP contribution in [0.4, 0.5) is 4.39 Å². The van der Waals surface area contributed by atoms with Gasteiger partial charge < -0.3 is 10.6 Å². The Labute approximate surface area is 185 Å². The number of amides is 2.